The Balaban J connectivity index is 2.17. The van der Waals surface area contributed by atoms with Crippen LogP contribution in [0.25, 0.3) is 5.69 Å². The zero-order valence-corrected chi connectivity index (χ0v) is 9.54. The first-order valence-electron chi connectivity index (χ1n) is 5.99. The van der Waals surface area contributed by atoms with E-state index in [-0.39, 0.29) is 5.56 Å². The molecule has 0 aliphatic heterocycles. The van der Waals surface area contributed by atoms with Gasteiger partial charge < -0.3 is 0 Å². The number of hydrogen-bond acceptors (Lipinski definition) is 2. The van der Waals surface area contributed by atoms with Gasteiger partial charge in [0.2, 0.25) is 0 Å². The highest BCUT2D eigenvalue weighted by atomic mass is 16.1. The topological polar surface area (TPSA) is 34.9 Å². The second kappa shape index (κ2) is 4.17. The van der Waals surface area contributed by atoms with Crippen LogP contribution in [0, 0.1) is 0 Å². The molecule has 0 amide bonds. The third-order valence-corrected chi connectivity index (χ3v) is 3.36. The summed E-state index contributed by atoms with van der Waals surface area (Å²) in [4.78, 5) is 16.4. The predicted octanol–water partition coefficient (Wildman–Crippen LogP) is 2.50. The summed E-state index contributed by atoms with van der Waals surface area (Å²) in [6.07, 6.45) is 5.15. The van der Waals surface area contributed by atoms with Gasteiger partial charge in [-0.1, -0.05) is 24.6 Å². The molecule has 1 aromatic carbocycles. The van der Waals surface area contributed by atoms with Gasteiger partial charge >= 0.3 is 0 Å². The van der Waals surface area contributed by atoms with Crippen molar-refractivity contribution < 1.29 is 0 Å². The van der Waals surface area contributed by atoms with Gasteiger partial charge in [-0.2, -0.15) is 0 Å². The van der Waals surface area contributed by atoms with Crippen molar-refractivity contribution in [3.8, 4) is 5.69 Å². The smallest absolute Gasteiger partial charge is 0.258 e. The van der Waals surface area contributed by atoms with Crippen molar-refractivity contribution in [3.63, 3.8) is 0 Å². The van der Waals surface area contributed by atoms with E-state index in [1.807, 2.05) is 30.3 Å². The lowest BCUT2D eigenvalue weighted by molar-refractivity contribution is 0.393. The van der Waals surface area contributed by atoms with Crippen molar-refractivity contribution in [2.75, 3.05) is 0 Å². The molecule has 1 aromatic heterocycles. The van der Waals surface area contributed by atoms with Crippen LogP contribution in [-0.2, 0) is 0 Å². The molecule has 17 heavy (non-hydrogen) atoms. The first-order valence-corrected chi connectivity index (χ1v) is 5.99. The molecule has 1 heterocycles. The summed E-state index contributed by atoms with van der Waals surface area (Å²) in [6, 6.07) is 11.3. The van der Waals surface area contributed by atoms with Gasteiger partial charge in [-0.25, -0.2) is 4.98 Å². The minimum absolute atomic E-state index is 0.00750. The number of benzene rings is 1. The SMILES string of the molecule is O=c1ccnc(C2CCC2)n1-c1ccccc1. The van der Waals surface area contributed by atoms with Gasteiger partial charge in [-0.05, 0) is 25.0 Å². The van der Waals surface area contributed by atoms with Crippen molar-refractivity contribution in [2.24, 2.45) is 0 Å². The monoisotopic (exact) mass is 226 g/mol. The molecule has 3 heteroatoms. The van der Waals surface area contributed by atoms with Gasteiger partial charge in [0.25, 0.3) is 5.56 Å². The Morgan fingerprint density at radius 3 is 2.53 bits per heavy atom. The van der Waals surface area contributed by atoms with Crippen LogP contribution in [0.2, 0.25) is 0 Å². The zero-order chi connectivity index (χ0) is 11.7. The summed E-state index contributed by atoms with van der Waals surface area (Å²) < 4.78 is 1.74. The van der Waals surface area contributed by atoms with Crippen LogP contribution < -0.4 is 5.56 Å². The second-order valence-corrected chi connectivity index (χ2v) is 4.44. The fourth-order valence-corrected chi connectivity index (χ4v) is 2.21. The first-order chi connectivity index (χ1) is 8.36. The highest BCUT2D eigenvalue weighted by Gasteiger charge is 2.24. The van der Waals surface area contributed by atoms with Gasteiger partial charge in [0.05, 0.1) is 5.69 Å². The van der Waals surface area contributed by atoms with E-state index in [1.165, 1.54) is 12.5 Å². The van der Waals surface area contributed by atoms with E-state index < -0.39 is 0 Å². The molecule has 0 radical (unpaired) electrons. The molecule has 1 fully saturated rings. The largest absolute Gasteiger partial charge is 0.269 e. The lowest BCUT2D eigenvalue weighted by Crippen LogP contribution is -2.26. The molecule has 0 unspecified atom stereocenters. The van der Waals surface area contributed by atoms with Crippen LogP contribution in [0.15, 0.2) is 47.4 Å². The molecular formula is C14H14N2O. The van der Waals surface area contributed by atoms with Gasteiger partial charge in [0.15, 0.2) is 0 Å². The van der Waals surface area contributed by atoms with Crippen LogP contribution in [0.3, 0.4) is 0 Å². The van der Waals surface area contributed by atoms with Crippen LogP contribution in [0.4, 0.5) is 0 Å². The standard InChI is InChI=1S/C14H14N2O/c17-13-9-10-15-14(11-5-4-6-11)16(13)12-7-2-1-3-8-12/h1-3,7-11H,4-6H2. The number of para-hydroxylation sites is 1. The van der Waals surface area contributed by atoms with E-state index in [2.05, 4.69) is 4.98 Å². The summed E-state index contributed by atoms with van der Waals surface area (Å²) in [7, 11) is 0. The predicted molar refractivity (Wildman–Crippen MR) is 66.4 cm³/mol. The van der Waals surface area contributed by atoms with E-state index in [0.717, 1.165) is 24.4 Å². The molecule has 86 valence electrons. The normalized spacial score (nSPS) is 15.5. The van der Waals surface area contributed by atoms with Gasteiger partial charge in [0, 0.05) is 18.2 Å². The molecule has 1 aliphatic carbocycles. The van der Waals surface area contributed by atoms with E-state index in [9.17, 15) is 4.79 Å². The quantitative estimate of drug-likeness (QED) is 0.788. The molecule has 1 aliphatic rings. The second-order valence-electron chi connectivity index (χ2n) is 4.44. The van der Waals surface area contributed by atoms with Gasteiger partial charge in [-0.3, -0.25) is 9.36 Å². The zero-order valence-electron chi connectivity index (χ0n) is 9.54. The summed E-state index contributed by atoms with van der Waals surface area (Å²) in [5.41, 5.74) is 0.917. The van der Waals surface area contributed by atoms with E-state index >= 15 is 0 Å². The Labute approximate surface area is 99.8 Å². The van der Waals surface area contributed by atoms with Crippen molar-refractivity contribution in [2.45, 2.75) is 25.2 Å². The fraction of sp³-hybridized carbons (Fsp3) is 0.286. The fourth-order valence-electron chi connectivity index (χ4n) is 2.21. The summed E-state index contributed by atoms with van der Waals surface area (Å²) >= 11 is 0. The third kappa shape index (κ3) is 1.78. The Hall–Kier alpha value is -1.90. The average Bonchev–Trinajstić information content (AvgIpc) is 2.28. The van der Waals surface area contributed by atoms with Crippen LogP contribution in [-0.4, -0.2) is 9.55 Å². The highest BCUT2D eigenvalue weighted by molar-refractivity contribution is 5.33. The van der Waals surface area contributed by atoms with E-state index in [1.54, 1.807) is 10.8 Å². The van der Waals surface area contributed by atoms with Gasteiger partial charge in [0.1, 0.15) is 5.82 Å². The lowest BCUT2D eigenvalue weighted by Gasteiger charge is -2.27. The summed E-state index contributed by atoms with van der Waals surface area (Å²) in [5.74, 6) is 1.36. The van der Waals surface area contributed by atoms with Gasteiger partial charge in [-0.15, -0.1) is 0 Å². The van der Waals surface area contributed by atoms with Crippen LogP contribution >= 0.6 is 0 Å². The van der Waals surface area contributed by atoms with Crippen LogP contribution in [0.5, 0.6) is 0 Å². The number of aromatic nitrogens is 2. The van der Waals surface area contributed by atoms with E-state index in [4.69, 9.17) is 0 Å². The average molecular weight is 226 g/mol. The number of nitrogens with zero attached hydrogens (tertiary/aromatic N) is 2. The van der Waals surface area contributed by atoms with Crippen molar-refractivity contribution in [1.82, 2.24) is 9.55 Å². The number of rotatable bonds is 2. The third-order valence-electron chi connectivity index (χ3n) is 3.36. The Morgan fingerprint density at radius 2 is 1.88 bits per heavy atom. The Bertz CT molecular complexity index is 570. The Kier molecular flexibility index (Phi) is 2.52. The molecular weight excluding hydrogens is 212 g/mol. The summed E-state index contributed by atoms with van der Waals surface area (Å²) in [5, 5.41) is 0. The Morgan fingerprint density at radius 1 is 1.12 bits per heavy atom. The molecule has 0 spiro atoms. The molecule has 2 aromatic rings. The van der Waals surface area contributed by atoms with Crippen molar-refractivity contribution in [3.05, 3.63) is 58.8 Å². The minimum atomic E-state index is 0.00750. The molecule has 3 nitrogen and oxygen atoms in total. The minimum Gasteiger partial charge on any atom is -0.269 e. The van der Waals surface area contributed by atoms with E-state index in [0.29, 0.717) is 5.92 Å². The molecule has 3 rings (SSSR count). The summed E-state index contributed by atoms with van der Waals surface area (Å²) in [6.45, 7) is 0. The molecule has 1 saturated carbocycles. The molecule has 0 N–H and O–H groups in total. The lowest BCUT2D eigenvalue weighted by atomic mass is 9.84. The molecule has 0 atom stereocenters. The highest BCUT2D eigenvalue weighted by Crippen LogP contribution is 2.35. The molecule has 0 saturated heterocycles. The van der Waals surface area contributed by atoms with Crippen molar-refractivity contribution >= 4 is 0 Å². The van der Waals surface area contributed by atoms with Crippen molar-refractivity contribution in [1.29, 1.82) is 0 Å². The first kappa shape index (κ1) is 10.3. The maximum Gasteiger partial charge on any atom is 0.258 e. The van der Waals surface area contributed by atoms with Crippen LogP contribution in [0.1, 0.15) is 31.0 Å². The number of hydrogen-bond donors (Lipinski definition) is 0. The molecule has 0 bridgehead atoms. The maximum atomic E-state index is 12.0. The maximum absolute atomic E-state index is 12.0.